The maximum atomic E-state index is 12.5. The van der Waals surface area contributed by atoms with Crippen molar-refractivity contribution in [3.05, 3.63) is 63.7 Å². The lowest BCUT2D eigenvalue weighted by Gasteiger charge is -2.10. The third-order valence-electron chi connectivity index (χ3n) is 3.81. The number of fused-ring (bicyclic) bond motifs is 1. The fourth-order valence-electron chi connectivity index (χ4n) is 2.50. The van der Waals surface area contributed by atoms with Gasteiger partial charge in [0.2, 0.25) is 0 Å². The predicted molar refractivity (Wildman–Crippen MR) is 94.9 cm³/mol. The fourth-order valence-corrected chi connectivity index (χ4v) is 2.67. The number of rotatable bonds is 5. The molecule has 2 aromatic carbocycles. The number of benzene rings is 2. The highest BCUT2D eigenvalue weighted by Gasteiger charge is 2.13. The van der Waals surface area contributed by atoms with Crippen LogP contribution in [0.5, 0.6) is 11.5 Å². The van der Waals surface area contributed by atoms with Crippen LogP contribution in [0.15, 0.2) is 47.5 Å². The van der Waals surface area contributed by atoms with E-state index in [0.29, 0.717) is 33.0 Å². The van der Waals surface area contributed by atoms with Gasteiger partial charge in [-0.15, -0.1) is 0 Å². The number of ketones is 1. The number of nitrogens with zero attached hydrogens (tertiary/aromatic N) is 2. The molecule has 1 heterocycles. The van der Waals surface area contributed by atoms with E-state index in [1.54, 1.807) is 36.4 Å². The minimum atomic E-state index is -0.318. The van der Waals surface area contributed by atoms with Crippen LogP contribution in [0.4, 0.5) is 0 Å². The first-order valence-electron chi connectivity index (χ1n) is 7.43. The summed E-state index contributed by atoms with van der Waals surface area (Å²) in [5.74, 6) is 0.730. The maximum Gasteiger partial charge on any atom is 0.261 e. The lowest BCUT2D eigenvalue weighted by molar-refractivity contribution is 0.0970. The minimum absolute atomic E-state index is 0.135. The molecule has 6 nitrogen and oxygen atoms in total. The van der Waals surface area contributed by atoms with Crippen LogP contribution in [0.2, 0.25) is 5.02 Å². The average molecular weight is 359 g/mol. The molecule has 0 saturated carbocycles. The Kier molecular flexibility index (Phi) is 4.72. The molecule has 0 fully saturated rings. The molecule has 7 heteroatoms. The summed E-state index contributed by atoms with van der Waals surface area (Å²) in [6.07, 6.45) is 1.36. The number of hydrogen-bond donors (Lipinski definition) is 0. The largest absolute Gasteiger partial charge is 0.493 e. The lowest BCUT2D eigenvalue weighted by atomic mass is 10.1. The Labute approximate surface area is 148 Å². The standard InChI is InChI=1S/C18H15ClN2O4/c1-24-16-6-3-11(7-17(16)25-2)15(22)9-21-10-20-14-5-4-12(19)8-13(14)18(21)23/h3-8,10H,9H2,1-2H3. The Bertz CT molecular complexity index is 1010. The van der Waals surface area contributed by atoms with Gasteiger partial charge in [-0.3, -0.25) is 14.2 Å². The summed E-state index contributed by atoms with van der Waals surface area (Å²) < 4.78 is 11.6. The SMILES string of the molecule is COc1ccc(C(=O)Cn2cnc3ccc(Cl)cc3c2=O)cc1OC. The van der Waals surface area contributed by atoms with Crippen molar-refractivity contribution in [1.82, 2.24) is 9.55 Å². The van der Waals surface area contributed by atoms with E-state index in [4.69, 9.17) is 21.1 Å². The highest BCUT2D eigenvalue weighted by atomic mass is 35.5. The summed E-state index contributed by atoms with van der Waals surface area (Å²) >= 11 is 5.94. The van der Waals surface area contributed by atoms with Gasteiger partial charge in [0.15, 0.2) is 17.3 Å². The molecule has 0 spiro atoms. The van der Waals surface area contributed by atoms with Crippen molar-refractivity contribution in [3.8, 4) is 11.5 Å². The van der Waals surface area contributed by atoms with Crippen LogP contribution in [0, 0.1) is 0 Å². The maximum absolute atomic E-state index is 12.5. The lowest BCUT2D eigenvalue weighted by Crippen LogP contribution is -2.24. The summed E-state index contributed by atoms with van der Waals surface area (Å²) in [6.45, 7) is -0.135. The zero-order valence-corrected chi connectivity index (χ0v) is 14.4. The van der Waals surface area contributed by atoms with Crippen LogP contribution in [-0.4, -0.2) is 29.6 Å². The van der Waals surface area contributed by atoms with Crippen LogP contribution in [0.3, 0.4) is 0 Å². The van der Waals surface area contributed by atoms with Gasteiger partial charge in [-0.2, -0.15) is 0 Å². The average Bonchev–Trinajstić information content (AvgIpc) is 2.63. The smallest absolute Gasteiger partial charge is 0.261 e. The number of methoxy groups -OCH3 is 2. The van der Waals surface area contributed by atoms with Crippen molar-refractivity contribution in [1.29, 1.82) is 0 Å². The fraction of sp³-hybridized carbons (Fsp3) is 0.167. The quantitative estimate of drug-likeness (QED) is 0.656. The summed E-state index contributed by atoms with van der Waals surface area (Å²) in [5.41, 5.74) is 0.626. The van der Waals surface area contributed by atoms with Gasteiger partial charge < -0.3 is 9.47 Å². The topological polar surface area (TPSA) is 70.4 Å². The molecule has 3 aromatic rings. The van der Waals surface area contributed by atoms with Gasteiger partial charge in [-0.25, -0.2) is 4.98 Å². The Morgan fingerprint density at radius 3 is 2.60 bits per heavy atom. The second kappa shape index (κ2) is 6.94. The van der Waals surface area contributed by atoms with Crippen molar-refractivity contribution >= 4 is 28.3 Å². The molecule has 0 bridgehead atoms. The van der Waals surface area contributed by atoms with Crippen molar-refractivity contribution < 1.29 is 14.3 Å². The Morgan fingerprint density at radius 2 is 1.88 bits per heavy atom. The van der Waals surface area contributed by atoms with E-state index in [0.717, 1.165) is 0 Å². The van der Waals surface area contributed by atoms with E-state index >= 15 is 0 Å². The monoisotopic (exact) mass is 358 g/mol. The second-order valence-corrected chi connectivity index (χ2v) is 5.77. The molecule has 3 rings (SSSR count). The summed E-state index contributed by atoms with van der Waals surface area (Å²) in [6, 6.07) is 9.73. The molecule has 0 N–H and O–H groups in total. The van der Waals surface area contributed by atoms with Crippen molar-refractivity contribution in [3.63, 3.8) is 0 Å². The number of hydrogen-bond acceptors (Lipinski definition) is 5. The summed E-state index contributed by atoms with van der Waals surface area (Å²) in [7, 11) is 3.01. The van der Waals surface area contributed by atoms with Gasteiger partial charge in [0.25, 0.3) is 5.56 Å². The van der Waals surface area contributed by atoms with Gasteiger partial charge in [0.1, 0.15) is 0 Å². The Hall–Kier alpha value is -2.86. The van der Waals surface area contributed by atoms with Crippen LogP contribution in [-0.2, 0) is 6.54 Å². The van der Waals surface area contributed by atoms with Gasteiger partial charge in [0.05, 0.1) is 38.0 Å². The zero-order valence-electron chi connectivity index (χ0n) is 13.7. The molecule has 0 aliphatic rings. The molecule has 0 atom stereocenters. The zero-order chi connectivity index (χ0) is 18.0. The summed E-state index contributed by atoms with van der Waals surface area (Å²) in [5, 5.41) is 0.811. The molecule has 25 heavy (non-hydrogen) atoms. The first-order valence-corrected chi connectivity index (χ1v) is 7.81. The third kappa shape index (κ3) is 3.34. The molecule has 1 aromatic heterocycles. The van der Waals surface area contributed by atoms with Gasteiger partial charge in [0, 0.05) is 10.6 Å². The van der Waals surface area contributed by atoms with E-state index in [2.05, 4.69) is 4.98 Å². The van der Waals surface area contributed by atoms with Crippen molar-refractivity contribution in [2.24, 2.45) is 0 Å². The highest BCUT2D eigenvalue weighted by molar-refractivity contribution is 6.31. The van der Waals surface area contributed by atoms with Gasteiger partial charge >= 0.3 is 0 Å². The Balaban J connectivity index is 1.94. The Morgan fingerprint density at radius 1 is 1.12 bits per heavy atom. The minimum Gasteiger partial charge on any atom is -0.493 e. The van der Waals surface area contributed by atoms with E-state index < -0.39 is 0 Å². The first-order chi connectivity index (χ1) is 12.0. The van der Waals surface area contributed by atoms with Gasteiger partial charge in [-0.05, 0) is 36.4 Å². The van der Waals surface area contributed by atoms with Crippen LogP contribution in [0.25, 0.3) is 10.9 Å². The molecule has 0 amide bonds. The van der Waals surface area contributed by atoms with E-state index in [-0.39, 0.29) is 17.9 Å². The molecular formula is C18H15ClN2O4. The predicted octanol–water partition coefficient (Wildman–Crippen LogP) is 2.95. The highest BCUT2D eigenvalue weighted by Crippen LogP contribution is 2.27. The van der Waals surface area contributed by atoms with E-state index in [1.165, 1.54) is 25.1 Å². The second-order valence-electron chi connectivity index (χ2n) is 5.33. The normalized spacial score (nSPS) is 10.7. The number of aromatic nitrogens is 2. The molecule has 0 aliphatic heterocycles. The van der Waals surface area contributed by atoms with Crippen LogP contribution < -0.4 is 15.0 Å². The number of halogens is 1. The molecule has 128 valence electrons. The van der Waals surface area contributed by atoms with Crippen LogP contribution in [0.1, 0.15) is 10.4 Å². The number of ether oxygens (including phenoxy) is 2. The van der Waals surface area contributed by atoms with Crippen molar-refractivity contribution in [2.45, 2.75) is 6.54 Å². The van der Waals surface area contributed by atoms with E-state index in [1.807, 2.05) is 0 Å². The van der Waals surface area contributed by atoms with Crippen molar-refractivity contribution in [2.75, 3.05) is 14.2 Å². The molecular weight excluding hydrogens is 344 g/mol. The number of carbonyl (C=O) groups excluding carboxylic acids is 1. The number of Topliss-reactive ketones (excluding diaryl/α,β-unsaturated/α-hetero) is 1. The van der Waals surface area contributed by atoms with Crippen LogP contribution >= 0.6 is 11.6 Å². The summed E-state index contributed by atoms with van der Waals surface area (Å²) in [4.78, 5) is 29.3. The first kappa shape index (κ1) is 17.0. The third-order valence-corrected chi connectivity index (χ3v) is 4.04. The van der Waals surface area contributed by atoms with E-state index in [9.17, 15) is 9.59 Å². The molecule has 0 aliphatic carbocycles. The molecule has 0 radical (unpaired) electrons. The molecule has 0 unspecified atom stereocenters. The molecule has 0 saturated heterocycles. The van der Waals surface area contributed by atoms with Gasteiger partial charge in [-0.1, -0.05) is 11.6 Å². The number of carbonyl (C=O) groups is 1.